The van der Waals surface area contributed by atoms with Gasteiger partial charge in [-0.05, 0) is 68.7 Å². The molecule has 32 heavy (non-hydrogen) atoms. The lowest BCUT2D eigenvalue weighted by Gasteiger charge is -2.38. The average Bonchev–Trinajstić information content (AvgIpc) is 3.36. The Kier molecular flexibility index (Phi) is 7.18. The SMILES string of the molecule is O=CC1CCC(c2nnc(-c3ccc(N4CCN(CC5CCCCC5)CC4)cc3)s2)CC1. The average molecular weight is 453 g/mol. The second kappa shape index (κ2) is 10.4. The molecule has 0 amide bonds. The molecule has 0 atom stereocenters. The summed E-state index contributed by atoms with van der Waals surface area (Å²) in [5, 5.41) is 11.1. The third-order valence-electron chi connectivity index (χ3n) is 7.85. The molecule has 0 bridgehead atoms. The predicted molar refractivity (Wildman–Crippen MR) is 131 cm³/mol. The van der Waals surface area contributed by atoms with E-state index in [0.29, 0.717) is 5.92 Å². The van der Waals surface area contributed by atoms with Crippen molar-refractivity contribution in [2.45, 2.75) is 63.7 Å². The molecule has 2 aromatic rings. The predicted octanol–water partition coefficient (Wildman–Crippen LogP) is 5.38. The van der Waals surface area contributed by atoms with Gasteiger partial charge in [-0.2, -0.15) is 0 Å². The number of hydrogen-bond acceptors (Lipinski definition) is 6. The van der Waals surface area contributed by atoms with Crippen LogP contribution < -0.4 is 4.90 Å². The number of anilines is 1. The maximum absolute atomic E-state index is 11.0. The molecule has 0 N–H and O–H groups in total. The summed E-state index contributed by atoms with van der Waals surface area (Å²) in [6.07, 6.45) is 12.4. The Morgan fingerprint density at radius 1 is 0.875 bits per heavy atom. The zero-order chi connectivity index (χ0) is 21.8. The van der Waals surface area contributed by atoms with Gasteiger partial charge in [0.2, 0.25) is 0 Å². The summed E-state index contributed by atoms with van der Waals surface area (Å²) in [6.45, 7) is 5.93. The lowest BCUT2D eigenvalue weighted by Crippen LogP contribution is -2.48. The smallest absolute Gasteiger partial charge is 0.147 e. The Bertz CT molecular complexity index is 860. The fourth-order valence-electron chi connectivity index (χ4n) is 5.76. The van der Waals surface area contributed by atoms with Crippen LogP contribution in [0.2, 0.25) is 0 Å². The normalized spacial score (nSPS) is 25.7. The van der Waals surface area contributed by atoms with Crippen LogP contribution in [0.4, 0.5) is 5.69 Å². The maximum Gasteiger partial charge on any atom is 0.147 e. The minimum absolute atomic E-state index is 0.250. The van der Waals surface area contributed by atoms with Crippen molar-refractivity contribution in [3.05, 3.63) is 29.3 Å². The molecular formula is C26H36N4OS. The highest BCUT2D eigenvalue weighted by atomic mass is 32.1. The number of rotatable bonds is 6. The Morgan fingerprint density at radius 2 is 1.59 bits per heavy atom. The van der Waals surface area contributed by atoms with Crippen LogP contribution >= 0.6 is 11.3 Å². The second-order valence-electron chi connectivity index (χ2n) is 10.0. The monoisotopic (exact) mass is 452 g/mol. The second-order valence-corrected chi connectivity index (χ2v) is 11.0. The van der Waals surface area contributed by atoms with Crippen LogP contribution in [0.3, 0.4) is 0 Å². The number of aldehydes is 1. The van der Waals surface area contributed by atoms with Gasteiger partial charge in [-0.25, -0.2) is 0 Å². The van der Waals surface area contributed by atoms with Gasteiger partial charge in [-0.3, -0.25) is 4.90 Å². The molecule has 3 aliphatic rings. The Morgan fingerprint density at radius 3 is 2.28 bits per heavy atom. The van der Waals surface area contributed by atoms with E-state index in [0.717, 1.165) is 66.6 Å². The lowest BCUT2D eigenvalue weighted by atomic mass is 9.83. The Balaban J connectivity index is 1.14. The van der Waals surface area contributed by atoms with E-state index >= 15 is 0 Å². The highest BCUT2D eigenvalue weighted by Gasteiger charge is 2.25. The van der Waals surface area contributed by atoms with E-state index in [4.69, 9.17) is 0 Å². The van der Waals surface area contributed by atoms with Gasteiger partial charge in [0.1, 0.15) is 16.3 Å². The van der Waals surface area contributed by atoms with Crippen molar-refractivity contribution in [1.82, 2.24) is 15.1 Å². The number of piperazine rings is 1. The zero-order valence-electron chi connectivity index (χ0n) is 19.1. The summed E-state index contributed by atoms with van der Waals surface area (Å²) < 4.78 is 0. The van der Waals surface area contributed by atoms with Crippen LogP contribution in [0.5, 0.6) is 0 Å². The fourth-order valence-corrected chi connectivity index (χ4v) is 6.77. The number of hydrogen-bond donors (Lipinski definition) is 0. The van der Waals surface area contributed by atoms with Gasteiger partial charge in [0, 0.05) is 55.8 Å². The molecular weight excluding hydrogens is 416 g/mol. The van der Waals surface area contributed by atoms with E-state index in [-0.39, 0.29) is 5.92 Å². The number of benzene rings is 1. The molecule has 2 aliphatic carbocycles. The van der Waals surface area contributed by atoms with Gasteiger partial charge in [-0.15, -0.1) is 10.2 Å². The van der Waals surface area contributed by atoms with E-state index in [9.17, 15) is 4.79 Å². The number of carbonyl (C=O) groups excluding carboxylic acids is 1. The largest absolute Gasteiger partial charge is 0.369 e. The van der Waals surface area contributed by atoms with Crippen molar-refractivity contribution in [3.8, 4) is 10.6 Å². The number of carbonyl (C=O) groups is 1. The van der Waals surface area contributed by atoms with Gasteiger partial charge in [0.25, 0.3) is 0 Å². The number of aromatic nitrogens is 2. The minimum Gasteiger partial charge on any atom is -0.369 e. The van der Waals surface area contributed by atoms with Gasteiger partial charge in [-0.1, -0.05) is 30.6 Å². The standard InChI is InChI=1S/C26H36N4OS/c31-19-21-6-8-22(9-7-21)25-27-28-26(32-25)23-10-12-24(13-11-23)30-16-14-29(15-17-30)18-20-4-2-1-3-5-20/h10-13,19-22H,1-9,14-18H2. The van der Waals surface area contributed by atoms with Gasteiger partial charge in [0.05, 0.1) is 0 Å². The first-order valence-electron chi connectivity index (χ1n) is 12.6. The first-order valence-corrected chi connectivity index (χ1v) is 13.5. The van der Waals surface area contributed by atoms with Gasteiger partial charge >= 0.3 is 0 Å². The van der Waals surface area contributed by atoms with E-state index in [1.165, 1.54) is 57.4 Å². The molecule has 5 rings (SSSR count). The first kappa shape index (κ1) is 22.0. The summed E-state index contributed by atoms with van der Waals surface area (Å²) >= 11 is 1.73. The lowest BCUT2D eigenvalue weighted by molar-refractivity contribution is -0.111. The molecule has 1 aliphatic heterocycles. The van der Waals surface area contributed by atoms with Crippen molar-refractivity contribution in [1.29, 1.82) is 0 Å². The van der Waals surface area contributed by atoms with Crippen molar-refractivity contribution >= 4 is 23.3 Å². The molecule has 0 radical (unpaired) electrons. The number of nitrogens with zero attached hydrogens (tertiary/aromatic N) is 4. The van der Waals surface area contributed by atoms with Crippen LogP contribution in [0, 0.1) is 11.8 Å². The Hall–Kier alpha value is -1.79. The van der Waals surface area contributed by atoms with Crippen LogP contribution in [-0.2, 0) is 4.79 Å². The molecule has 3 fully saturated rings. The molecule has 1 aromatic heterocycles. The summed E-state index contributed by atoms with van der Waals surface area (Å²) in [4.78, 5) is 16.2. The van der Waals surface area contributed by atoms with Crippen LogP contribution in [-0.4, -0.2) is 54.1 Å². The molecule has 6 heteroatoms. The van der Waals surface area contributed by atoms with Crippen LogP contribution in [0.1, 0.15) is 68.7 Å². The highest BCUT2D eigenvalue weighted by Crippen LogP contribution is 2.38. The van der Waals surface area contributed by atoms with E-state index in [1.807, 2.05) is 0 Å². The maximum atomic E-state index is 11.0. The Labute approximate surface area is 196 Å². The summed E-state index contributed by atoms with van der Waals surface area (Å²) in [5.41, 5.74) is 2.48. The molecule has 2 heterocycles. The molecule has 2 saturated carbocycles. The van der Waals surface area contributed by atoms with E-state index < -0.39 is 0 Å². The van der Waals surface area contributed by atoms with Crippen molar-refractivity contribution < 1.29 is 4.79 Å². The molecule has 1 saturated heterocycles. The van der Waals surface area contributed by atoms with Gasteiger partial charge < -0.3 is 9.69 Å². The zero-order valence-corrected chi connectivity index (χ0v) is 19.9. The van der Waals surface area contributed by atoms with E-state index in [1.54, 1.807) is 11.3 Å². The van der Waals surface area contributed by atoms with Crippen molar-refractivity contribution in [3.63, 3.8) is 0 Å². The first-order chi connectivity index (χ1) is 15.8. The molecule has 0 spiro atoms. The summed E-state index contributed by atoms with van der Waals surface area (Å²) in [7, 11) is 0. The molecule has 0 unspecified atom stereocenters. The van der Waals surface area contributed by atoms with Crippen LogP contribution in [0.15, 0.2) is 24.3 Å². The fraction of sp³-hybridized carbons (Fsp3) is 0.654. The summed E-state index contributed by atoms with van der Waals surface area (Å²) in [6, 6.07) is 8.92. The molecule has 5 nitrogen and oxygen atoms in total. The minimum atomic E-state index is 0.250. The third kappa shape index (κ3) is 5.23. The van der Waals surface area contributed by atoms with Crippen molar-refractivity contribution in [2.24, 2.45) is 11.8 Å². The van der Waals surface area contributed by atoms with Crippen LogP contribution in [0.25, 0.3) is 10.6 Å². The highest BCUT2D eigenvalue weighted by molar-refractivity contribution is 7.14. The molecule has 172 valence electrons. The van der Waals surface area contributed by atoms with E-state index in [2.05, 4.69) is 44.3 Å². The topological polar surface area (TPSA) is 49.3 Å². The summed E-state index contributed by atoms with van der Waals surface area (Å²) in [5.74, 6) is 1.66. The van der Waals surface area contributed by atoms with Crippen molar-refractivity contribution in [2.75, 3.05) is 37.6 Å². The van der Waals surface area contributed by atoms with Gasteiger partial charge in [0.15, 0.2) is 0 Å². The third-order valence-corrected chi connectivity index (χ3v) is 8.98. The quantitative estimate of drug-likeness (QED) is 0.551. The molecule has 1 aromatic carbocycles.